The lowest BCUT2D eigenvalue weighted by molar-refractivity contribution is -0.164. The Morgan fingerprint density at radius 2 is 1.94 bits per heavy atom. The van der Waals surface area contributed by atoms with Crippen LogP contribution in [0.5, 0.6) is 0 Å². The van der Waals surface area contributed by atoms with Crippen LogP contribution in [0.2, 0.25) is 0 Å². The summed E-state index contributed by atoms with van der Waals surface area (Å²) in [7, 11) is 0. The van der Waals surface area contributed by atoms with Gasteiger partial charge in [-0.15, -0.1) is 11.8 Å². The molecule has 1 fully saturated rings. The van der Waals surface area contributed by atoms with Crippen molar-refractivity contribution in [2.24, 2.45) is 0 Å². The summed E-state index contributed by atoms with van der Waals surface area (Å²) in [5.74, 6) is -2.83. The Hall–Kier alpha value is -4.00. The Morgan fingerprint density at radius 3 is 2.58 bits per heavy atom. The molecule has 1 aromatic heterocycles. The van der Waals surface area contributed by atoms with Crippen molar-refractivity contribution in [2.75, 3.05) is 32.8 Å². The molecule has 268 valence electrons. The minimum Gasteiger partial charge on any atom is -0.451 e. The number of hydrogen-bond donors (Lipinski definition) is 1. The first-order valence-electron chi connectivity index (χ1n) is 16.4. The molecule has 0 amide bonds. The van der Waals surface area contributed by atoms with Crippen molar-refractivity contribution >= 4 is 23.8 Å². The Balaban J connectivity index is 1.48. The van der Waals surface area contributed by atoms with Gasteiger partial charge in [0.1, 0.15) is 30.1 Å². The third kappa shape index (κ3) is 10.7. The van der Waals surface area contributed by atoms with Gasteiger partial charge in [-0.25, -0.2) is 22.8 Å². The maximum atomic E-state index is 15.6. The van der Waals surface area contributed by atoms with Gasteiger partial charge in [-0.3, -0.25) is 4.79 Å². The van der Waals surface area contributed by atoms with Gasteiger partial charge in [0, 0.05) is 35.4 Å². The molecular weight excluding hydrogens is 671 g/mol. The van der Waals surface area contributed by atoms with E-state index in [0.29, 0.717) is 12.1 Å². The highest BCUT2D eigenvalue weighted by Gasteiger charge is 2.46. The molecule has 0 aliphatic carbocycles. The van der Waals surface area contributed by atoms with E-state index in [-0.39, 0.29) is 49.0 Å². The predicted molar refractivity (Wildman–Crippen MR) is 183 cm³/mol. The zero-order chi connectivity index (χ0) is 36.1. The van der Waals surface area contributed by atoms with Gasteiger partial charge < -0.3 is 24.2 Å². The van der Waals surface area contributed by atoms with E-state index in [4.69, 9.17) is 19.5 Å². The summed E-state index contributed by atoms with van der Waals surface area (Å²) < 4.78 is 63.3. The lowest BCUT2D eigenvalue weighted by atomic mass is 9.89. The van der Waals surface area contributed by atoms with Crippen molar-refractivity contribution in [1.29, 1.82) is 5.26 Å². The largest absolute Gasteiger partial charge is 0.451 e. The van der Waals surface area contributed by atoms with Crippen LogP contribution in [0.3, 0.4) is 0 Å². The number of thioether (sulfide) groups is 1. The van der Waals surface area contributed by atoms with E-state index in [1.165, 1.54) is 53.4 Å². The maximum absolute atomic E-state index is 15.6. The van der Waals surface area contributed by atoms with Gasteiger partial charge >= 0.3 is 5.97 Å². The monoisotopic (exact) mass is 713 g/mol. The number of esters is 1. The molecule has 3 aromatic rings. The Morgan fingerprint density at radius 1 is 1.18 bits per heavy atom. The highest BCUT2D eigenvalue weighted by Crippen LogP contribution is 2.42. The summed E-state index contributed by atoms with van der Waals surface area (Å²) in [6, 6.07) is 9.24. The molecule has 0 saturated carbocycles. The normalized spacial score (nSPS) is 19.0. The molecule has 1 N–H and O–H groups in total. The molecule has 3 atom stereocenters. The van der Waals surface area contributed by atoms with Crippen LogP contribution < -0.4 is 0 Å². The van der Waals surface area contributed by atoms with Gasteiger partial charge in [0.15, 0.2) is 11.9 Å². The fourth-order valence-electron chi connectivity index (χ4n) is 5.54. The van der Waals surface area contributed by atoms with Crippen LogP contribution >= 0.6 is 11.8 Å². The standard InChI is InChI=1S/C36H42F3N5O5S/c1-4-43(5-2)19-29(45)13-15-34(46)49-36(22-44-24-41-23-42-44,31-14-12-28(37)17-33(31)39)25(3)50-30-20-47-35(48-21-30)9-7-6-8-27-11-10-26(18-40)16-32(27)38/h6-12,14,16-17,23-25,29-30,35,45H,4-5,13,15,19-22H2,1-3H3/b8-6+,9-7+/t25-,29?,30-,35-,36-/m1/s1. The molecule has 1 unspecified atom stereocenters. The van der Waals surface area contributed by atoms with Gasteiger partial charge in [0.05, 0.1) is 42.7 Å². The third-order valence-electron chi connectivity index (χ3n) is 8.32. The van der Waals surface area contributed by atoms with Crippen LogP contribution in [-0.4, -0.2) is 86.5 Å². The average Bonchev–Trinajstić information content (AvgIpc) is 3.62. The van der Waals surface area contributed by atoms with Gasteiger partial charge in [-0.2, -0.15) is 10.4 Å². The predicted octanol–water partition coefficient (Wildman–Crippen LogP) is 5.62. The number of aliphatic hydroxyl groups is 1. The summed E-state index contributed by atoms with van der Waals surface area (Å²) >= 11 is 1.36. The van der Waals surface area contributed by atoms with Crippen molar-refractivity contribution in [1.82, 2.24) is 19.7 Å². The number of benzene rings is 2. The lowest BCUT2D eigenvalue weighted by Gasteiger charge is -2.40. The molecule has 1 aliphatic heterocycles. The van der Waals surface area contributed by atoms with E-state index in [0.717, 1.165) is 25.2 Å². The average molecular weight is 714 g/mol. The number of carbonyl (C=O) groups is 1. The summed E-state index contributed by atoms with van der Waals surface area (Å²) in [5, 5.41) is 22.8. The second kappa shape index (κ2) is 18.8. The number of nitrogens with zero attached hydrogens (tertiary/aromatic N) is 5. The van der Waals surface area contributed by atoms with Crippen LogP contribution in [0.15, 0.2) is 67.3 Å². The zero-order valence-electron chi connectivity index (χ0n) is 28.3. The number of aliphatic hydroxyl groups excluding tert-OH is 1. The number of halogens is 3. The van der Waals surface area contributed by atoms with Gasteiger partial charge in [-0.1, -0.05) is 38.1 Å². The van der Waals surface area contributed by atoms with E-state index in [2.05, 4.69) is 10.1 Å². The molecule has 2 heterocycles. The van der Waals surface area contributed by atoms with E-state index in [1.807, 2.05) is 24.8 Å². The highest BCUT2D eigenvalue weighted by atomic mass is 32.2. The number of allylic oxidation sites excluding steroid dienone is 2. The van der Waals surface area contributed by atoms with Crippen LogP contribution in [0.25, 0.3) is 6.08 Å². The lowest BCUT2D eigenvalue weighted by Crippen LogP contribution is -2.47. The van der Waals surface area contributed by atoms with Crippen molar-refractivity contribution in [3.63, 3.8) is 0 Å². The van der Waals surface area contributed by atoms with E-state index in [1.54, 1.807) is 31.2 Å². The van der Waals surface area contributed by atoms with Gasteiger partial charge in [0.25, 0.3) is 0 Å². The fraction of sp³-hybridized carbons (Fsp3) is 0.444. The summed E-state index contributed by atoms with van der Waals surface area (Å²) in [6.45, 7) is 8.02. The smallest absolute Gasteiger partial charge is 0.306 e. The second-order valence-corrected chi connectivity index (χ2v) is 13.4. The molecule has 4 rings (SSSR count). The fourth-order valence-corrected chi connectivity index (χ4v) is 6.90. The molecule has 2 aromatic carbocycles. The van der Waals surface area contributed by atoms with E-state index >= 15 is 4.39 Å². The first-order chi connectivity index (χ1) is 24.1. The van der Waals surface area contributed by atoms with Crippen LogP contribution in [0.4, 0.5) is 13.2 Å². The summed E-state index contributed by atoms with van der Waals surface area (Å²) in [5.41, 5.74) is -1.14. The molecule has 0 radical (unpaired) electrons. The minimum absolute atomic E-state index is 0.0321. The van der Waals surface area contributed by atoms with Gasteiger partial charge in [-0.05, 0) is 56.8 Å². The van der Waals surface area contributed by atoms with Gasteiger partial charge in [0.2, 0.25) is 0 Å². The number of aromatic nitrogens is 3. The Kier molecular flexibility index (Phi) is 14.6. The first kappa shape index (κ1) is 38.8. The Labute approximate surface area is 294 Å². The molecule has 14 heteroatoms. The number of ether oxygens (including phenoxy) is 3. The topological polar surface area (TPSA) is 123 Å². The van der Waals surface area contributed by atoms with Crippen molar-refractivity contribution < 1.29 is 37.3 Å². The number of rotatable bonds is 17. The molecule has 50 heavy (non-hydrogen) atoms. The molecule has 1 aliphatic rings. The van der Waals surface area contributed by atoms with E-state index < -0.39 is 46.7 Å². The summed E-state index contributed by atoms with van der Waals surface area (Å²) in [6.07, 6.45) is 7.82. The van der Waals surface area contributed by atoms with Crippen LogP contribution in [-0.2, 0) is 31.2 Å². The SMILES string of the molecule is CCN(CC)CC(O)CCC(=O)O[C@@](Cn1cncn1)(c1ccc(F)cc1F)[C@@H](C)S[C@H]1CO[C@H](/C=C/C=C/c2ccc(C#N)cc2F)OC1. The second-order valence-electron chi connectivity index (χ2n) is 11.8. The van der Waals surface area contributed by atoms with Crippen molar-refractivity contribution in [2.45, 2.75) is 68.7 Å². The number of likely N-dealkylation sites (N-methyl/N-ethyl adjacent to an activating group) is 1. The number of carbonyl (C=O) groups excluding carboxylic acids is 1. The zero-order valence-corrected chi connectivity index (χ0v) is 29.1. The Bertz CT molecular complexity index is 1640. The number of hydrogen-bond acceptors (Lipinski definition) is 10. The maximum Gasteiger partial charge on any atom is 0.306 e. The molecular formula is C36H42F3N5O5S. The summed E-state index contributed by atoms with van der Waals surface area (Å²) in [4.78, 5) is 19.5. The minimum atomic E-state index is -1.67. The first-order valence-corrected chi connectivity index (χ1v) is 17.3. The molecule has 0 bridgehead atoms. The van der Waals surface area contributed by atoms with Crippen LogP contribution in [0.1, 0.15) is 50.3 Å². The van der Waals surface area contributed by atoms with Crippen LogP contribution in [0, 0.1) is 28.8 Å². The molecule has 1 saturated heterocycles. The van der Waals surface area contributed by atoms with Crippen molar-refractivity contribution in [3.8, 4) is 6.07 Å². The molecule has 10 nitrogen and oxygen atoms in total. The van der Waals surface area contributed by atoms with E-state index in [9.17, 15) is 18.7 Å². The van der Waals surface area contributed by atoms with Crippen molar-refractivity contribution in [3.05, 3.63) is 101 Å². The number of nitriles is 1. The third-order valence-corrected chi connectivity index (χ3v) is 9.77. The quantitative estimate of drug-likeness (QED) is 0.139. The highest BCUT2D eigenvalue weighted by molar-refractivity contribution is 8.00. The molecule has 0 spiro atoms.